The van der Waals surface area contributed by atoms with Crippen molar-refractivity contribution in [2.75, 3.05) is 6.54 Å². The summed E-state index contributed by atoms with van der Waals surface area (Å²) in [4.78, 5) is 21.2. The standard InChI is InChI=1S/C24H30ClF5N4O3.O2S/c1-4-17-33-18(21(35)32-12-23(36)7-5-13(2)6-8-23)19(25)34(17)20-16(37-22(26)27)10-15(11-31-20)9-14(3)24(28,29)30;1-3-2/h10-11,13-14,22,36H,4-9,12H2,1-3H3,(H,32,35);/t13?,14-,23?;/m1./s1. The number of aryl methyl sites for hydroxylation is 1. The molecule has 1 aliphatic rings. The van der Waals surface area contributed by atoms with Gasteiger partial charge in [0.15, 0.2) is 17.3 Å². The number of ether oxygens (including phenoxy) is 1. The largest absolute Gasteiger partial charge is 0.431 e. The number of nitrogens with zero attached hydrogens (tertiary/aromatic N) is 3. The molecule has 3 rings (SSSR count). The molecule has 1 saturated carbocycles. The zero-order valence-electron chi connectivity index (χ0n) is 21.9. The summed E-state index contributed by atoms with van der Waals surface area (Å²) in [6.07, 6.45) is -0.901. The Hall–Kier alpha value is -2.65. The lowest BCUT2D eigenvalue weighted by Gasteiger charge is -2.34. The number of alkyl halides is 5. The van der Waals surface area contributed by atoms with Crippen molar-refractivity contribution in [2.24, 2.45) is 11.8 Å². The molecule has 0 aliphatic heterocycles. The fourth-order valence-corrected chi connectivity index (χ4v) is 4.56. The molecule has 16 heteroatoms. The first-order valence-corrected chi connectivity index (χ1v) is 13.4. The SMILES string of the molecule is CCc1nc(C(=O)NCC2(O)CCC(C)CC2)c(Cl)n1-c1ncc(C[C@@H](C)C(F)(F)F)cc1OC(F)F.O=S=O. The Morgan fingerprint density at radius 1 is 1.32 bits per heavy atom. The second-order valence-electron chi connectivity index (χ2n) is 9.70. The third-order valence-corrected chi connectivity index (χ3v) is 6.97. The highest BCUT2D eigenvalue weighted by molar-refractivity contribution is 7.51. The van der Waals surface area contributed by atoms with Gasteiger partial charge < -0.3 is 15.2 Å². The fraction of sp³-hybridized carbons (Fsp3) is 0.625. The molecule has 0 radical (unpaired) electrons. The third-order valence-electron chi connectivity index (χ3n) is 6.62. The molecule has 0 aromatic carbocycles. The van der Waals surface area contributed by atoms with E-state index in [1.165, 1.54) is 0 Å². The molecule has 40 heavy (non-hydrogen) atoms. The van der Waals surface area contributed by atoms with Crippen LogP contribution in [0.2, 0.25) is 5.15 Å². The maximum absolute atomic E-state index is 13.2. The van der Waals surface area contributed by atoms with Crippen molar-refractivity contribution in [3.63, 3.8) is 0 Å². The Morgan fingerprint density at radius 2 is 1.93 bits per heavy atom. The summed E-state index contributed by atoms with van der Waals surface area (Å²) < 4.78 is 87.6. The number of aliphatic hydroxyl groups is 1. The number of hydrogen-bond acceptors (Lipinski definition) is 7. The minimum Gasteiger partial charge on any atom is -0.431 e. The minimum absolute atomic E-state index is 0.00667. The maximum atomic E-state index is 13.2. The van der Waals surface area contributed by atoms with Crippen molar-refractivity contribution in [2.45, 2.75) is 77.7 Å². The van der Waals surface area contributed by atoms with E-state index in [4.69, 9.17) is 20.0 Å². The lowest BCUT2D eigenvalue weighted by Crippen LogP contribution is -2.45. The van der Waals surface area contributed by atoms with E-state index in [2.05, 4.69) is 26.9 Å². The van der Waals surface area contributed by atoms with Gasteiger partial charge in [-0.15, -0.1) is 0 Å². The summed E-state index contributed by atoms with van der Waals surface area (Å²) in [5.41, 5.74) is -1.22. The zero-order chi connectivity index (χ0) is 30.3. The van der Waals surface area contributed by atoms with Gasteiger partial charge in [0.25, 0.3) is 5.91 Å². The number of halogens is 6. The molecule has 2 heterocycles. The summed E-state index contributed by atoms with van der Waals surface area (Å²) in [7, 11) is 0. The van der Waals surface area contributed by atoms with E-state index < -0.39 is 54.0 Å². The van der Waals surface area contributed by atoms with E-state index >= 15 is 0 Å². The van der Waals surface area contributed by atoms with Crippen LogP contribution in [0.3, 0.4) is 0 Å². The van der Waals surface area contributed by atoms with Crippen LogP contribution in [0.15, 0.2) is 12.3 Å². The highest BCUT2D eigenvalue weighted by atomic mass is 35.5. The van der Waals surface area contributed by atoms with E-state index in [0.29, 0.717) is 18.8 Å². The molecule has 224 valence electrons. The maximum Gasteiger partial charge on any atom is 0.391 e. The molecule has 2 aromatic rings. The molecule has 0 bridgehead atoms. The molecular formula is C24H30ClF5N4O5S. The van der Waals surface area contributed by atoms with Gasteiger partial charge in [0, 0.05) is 19.2 Å². The fourth-order valence-electron chi connectivity index (χ4n) is 4.26. The number of carbonyl (C=O) groups is 1. The number of pyridine rings is 1. The van der Waals surface area contributed by atoms with E-state index in [9.17, 15) is 31.9 Å². The smallest absolute Gasteiger partial charge is 0.391 e. The van der Waals surface area contributed by atoms with Crippen LogP contribution in [-0.4, -0.2) is 58.9 Å². The number of rotatable bonds is 9. The average Bonchev–Trinajstić information content (AvgIpc) is 3.20. The molecule has 1 amide bonds. The van der Waals surface area contributed by atoms with Crippen molar-refractivity contribution < 1.29 is 45.0 Å². The van der Waals surface area contributed by atoms with E-state index in [1.54, 1.807) is 6.92 Å². The van der Waals surface area contributed by atoms with Gasteiger partial charge >= 0.3 is 24.4 Å². The van der Waals surface area contributed by atoms with Crippen molar-refractivity contribution in [3.05, 3.63) is 34.5 Å². The molecule has 1 atom stereocenters. The van der Waals surface area contributed by atoms with Crippen LogP contribution < -0.4 is 10.1 Å². The first-order valence-electron chi connectivity index (χ1n) is 12.4. The van der Waals surface area contributed by atoms with Gasteiger partial charge in [-0.1, -0.05) is 32.4 Å². The summed E-state index contributed by atoms with van der Waals surface area (Å²) in [5, 5.41) is 13.2. The van der Waals surface area contributed by atoms with Gasteiger partial charge in [0.1, 0.15) is 11.0 Å². The molecule has 1 aliphatic carbocycles. The van der Waals surface area contributed by atoms with Crippen molar-refractivity contribution in [1.29, 1.82) is 0 Å². The minimum atomic E-state index is -4.48. The Balaban J connectivity index is 0.00000178. The predicted octanol–water partition coefficient (Wildman–Crippen LogP) is 4.83. The predicted molar refractivity (Wildman–Crippen MR) is 135 cm³/mol. The van der Waals surface area contributed by atoms with Gasteiger partial charge in [0.2, 0.25) is 0 Å². The van der Waals surface area contributed by atoms with E-state index in [-0.39, 0.29) is 41.0 Å². The highest BCUT2D eigenvalue weighted by Gasteiger charge is 2.36. The van der Waals surface area contributed by atoms with E-state index in [0.717, 1.165) is 36.6 Å². The van der Waals surface area contributed by atoms with Crippen LogP contribution in [0.5, 0.6) is 5.75 Å². The van der Waals surface area contributed by atoms with Crippen LogP contribution in [0.25, 0.3) is 5.82 Å². The van der Waals surface area contributed by atoms with Crippen LogP contribution >= 0.6 is 11.6 Å². The Labute approximate surface area is 236 Å². The van der Waals surface area contributed by atoms with Gasteiger partial charge in [0.05, 0.1) is 11.5 Å². The quantitative estimate of drug-likeness (QED) is 0.387. The summed E-state index contributed by atoms with van der Waals surface area (Å²) >= 11 is 5.70. The monoisotopic (exact) mass is 616 g/mol. The number of carbonyl (C=O) groups excluding carboxylic acids is 1. The number of aromatic nitrogens is 3. The van der Waals surface area contributed by atoms with Crippen molar-refractivity contribution >= 4 is 29.1 Å². The second kappa shape index (κ2) is 14.3. The van der Waals surface area contributed by atoms with Gasteiger partial charge in [-0.05, 0) is 49.7 Å². The molecule has 0 saturated heterocycles. The topological polar surface area (TPSA) is 123 Å². The highest BCUT2D eigenvalue weighted by Crippen LogP contribution is 2.34. The normalized spacial score (nSPS) is 19.9. The molecule has 2 aromatic heterocycles. The van der Waals surface area contributed by atoms with Crippen molar-refractivity contribution in [1.82, 2.24) is 19.9 Å². The number of imidazole rings is 1. The van der Waals surface area contributed by atoms with Gasteiger partial charge in [-0.2, -0.15) is 30.4 Å². The van der Waals surface area contributed by atoms with Crippen LogP contribution in [0.1, 0.15) is 68.3 Å². The Kier molecular flexibility index (Phi) is 12.0. The van der Waals surface area contributed by atoms with Gasteiger partial charge in [-0.25, -0.2) is 9.97 Å². The molecule has 0 spiro atoms. The first kappa shape index (κ1) is 33.6. The summed E-state index contributed by atoms with van der Waals surface area (Å²) in [6.45, 7) is 1.47. The van der Waals surface area contributed by atoms with Crippen molar-refractivity contribution in [3.8, 4) is 11.6 Å². The molecule has 2 N–H and O–H groups in total. The van der Waals surface area contributed by atoms with Crippen LogP contribution in [-0.2, 0) is 24.4 Å². The third kappa shape index (κ3) is 8.93. The van der Waals surface area contributed by atoms with Crippen LogP contribution in [0.4, 0.5) is 22.0 Å². The Bertz CT molecular complexity index is 1200. The van der Waals surface area contributed by atoms with Gasteiger partial charge in [-0.3, -0.25) is 9.36 Å². The number of hydrogen-bond donors (Lipinski definition) is 2. The molecular weight excluding hydrogens is 587 g/mol. The molecule has 9 nitrogen and oxygen atoms in total. The van der Waals surface area contributed by atoms with E-state index in [1.807, 2.05) is 0 Å². The molecule has 1 fully saturated rings. The van der Waals surface area contributed by atoms with Crippen LogP contribution in [0, 0.1) is 11.8 Å². The number of nitrogens with one attached hydrogen (secondary N) is 1. The lowest BCUT2D eigenvalue weighted by atomic mass is 9.79. The second-order valence-corrected chi connectivity index (χ2v) is 10.2. The zero-order valence-corrected chi connectivity index (χ0v) is 23.5. The Morgan fingerprint density at radius 3 is 2.45 bits per heavy atom. The average molecular weight is 617 g/mol. The molecule has 0 unspecified atom stereocenters. The number of amides is 1. The summed E-state index contributed by atoms with van der Waals surface area (Å²) in [6, 6.07) is 1.05. The lowest BCUT2D eigenvalue weighted by molar-refractivity contribution is -0.169. The summed E-state index contributed by atoms with van der Waals surface area (Å²) in [5.74, 6) is -2.46. The first-order chi connectivity index (χ1) is 18.7.